The van der Waals surface area contributed by atoms with Gasteiger partial charge < -0.3 is 5.11 Å². The second kappa shape index (κ2) is 7.61. The molecule has 0 amide bonds. The molecule has 0 saturated heterocycles. The van der Waals surface area contributed by atoms with Crippen LogP contribution in [0.25, 0.3) is 10.1 Å². The van der Waals surface area contributed by atoms with Gasteiger partial charge in [0.2, 0.25) is 11.7 Å². The first-order valence-electron chi connectivity index (χ1n) is 7.82. The van der Waals surface area contributed by atoms with Crippen molar-refractivity contribution in [3.05, 3.63) is 71.8 Å². The van der Waals surface area contributed by atoms with E-state index in [0.717, 1.165) is 15.9 Å². The van der Waals surface area contributed by atoms with Gasteiger partial charge in [0.25, 0.3) is 5.56 Å². The number of rotatable bonds is 4. The number of fused-ring (bicyclic) bond motifs is 1. The van der Waals surface area contributed by atoms with Gasteiger partial charge >= 0.3 is 0 Å². The number of allylic oxidation sites excluding steroid dienone is 1. The van der Waals surface area contributed by atoms with E-state index in [1.54, 1.807) is 12.1 Å². The molecule has 142 valence electrons. The quantitative estimate of drug-likeness (QED) is 0.428. The predicted octanol–water partition coefficient (Wildman–Crippen LogP) is 5.33. The van der Waals surface area contributed by atoms with Gasteiger partial charge in [-0.05, 0) is 24.6 Å². The normalized spacial score (nSPS) is 10.8. The van der Waals surface area contributed by atoms with Crippen LogP contribution in [0.5, 0.6) is 5.88 Å². The van der Waals surface area contributed by atoms with Crippen LogP contribution in [-0.2, 0) is 6.54 Å². The second-order valence-electron chi connectivity index (χ2n) is 5.85. The minimum atomic E-state index is -0.703. The molecule has 1 N–H and O–H groups in total. The smallest absolute Gasteiger partial charge is 0.271 e. The summed E-state index contributed by atoms with van der Waals surface area (Å²) in [6.45, 7) is 4.88. The molecule has 0 unspecified atom stereocenters. The molecule has 3 aromatic rings. The summed E-state index contributed by atoms with van der Waals surface area (Å²) in [6, 6.07) is 4.94. The number of carbonyl (C=O) groups excluding carboxylic acids is 1. The summed E-state index contributed by atoms with van der Waals surface area (Å²) in [5.41, 5.74) is -1.03. The molecule has 0 aliphatic carbocycles. The predicted molar refractivity (Wildman–Crippen MR) is 112 cm³/mol. The fourth-order valence-corrected chi connectivity index (χ4v) is 5.22. The molecule has 3 rings (SSSR count). The molecule has 0 fully saturated rings. The number of ketones is 1. The van der Waals surface area contributed by atoms with Gasteiger partial charge in [0.05, 0.1) is 20.5 Å². The summed E-state index contributed by atoms with van der Waals surface area (Å²) >= 11 is 19.7. The third-order valence-electron chi connectivity index (χ3n) is 4.19. The van der Waals surface area contributed by atoms with E-state index in [1.807, 2.05) is 0 Å². The monoisotopic (exact) mass is 452 g/mol. The fourth-order valence-electron chi connectivity index (χ4n) is 2.89. The van der Waals surface area contributed by atoms with Crippen LogP contribution in [0.2, 0.25) is 15.1 Å². The molecule has 0 bridgehead atoms. The Hall–Kier alpha value is -2.30. The molecule has 2 aromatic heterocycles. The Morgan fingerprint density at radius 3 is 2.68 bits per heavy atom. The molecule has 0 aliphatic heterocycles. The molecule has 5 nitrogen and oxygen atoms in total. The second-order valence-corrected chi connectivity index (χ2v) is 8.12. The maximum atomic E-state index is 13.2. The van der Waals surface area contributed by atoms with Gasteiger partial charge in [-0.1, -0.05) is 40.9 Å². The molecule has 2 heterocycles. The first-order chi connectivity index (χ1) is 13.2. The van der Waals surface area contributed by atoms with Crippen LogP contribution >= 0.6 is 46.1 Å². The molecular formula is C19H11Cl3N2O3S. The van der Waals surface area contributed by atoms with E-state index in [-0.39, 0.29) is 38.2 Å². The first kappa shape index (κ1) is 20.4. The largest absolute Gasteiger partial charge is 0.494 e. The van der Waals surface area contributed by atoms with Crippen LogP contribution in [-0.4, -0.2) is 15.5 Å². The minimum Gasteiger partial charge on any atom is -0.494 e. The molecule has 9 heteroatoms. The number of pyridine rings is 1. The first-order valence-corrected chi connectivity index (χ1v) is 9.77. The Bertz CT molecular complexity index is 1270. The lowest BCUT2D eigenvalue weighted by Gasteiger charge is -2.14. The Kier molecular flexibility index (Phi) is 5.55. The molecule has 0 aliphatic rings. The number of carbonyl (C=O) groups is 1. The van der Waals surface area contributed by atoms with Crippen LogP contribution in [0.1, 0.15) is 26.4 Å². The van der Waals surface area contributed by atoms with Crippen molar-refractivity contribution in [2.24, 2.45) is 0 Å². The van der Waals surface area contributed by atoms with Crippen LogP contribution < -0.4 is 5.56 Å². The van der Waals surface area contributed by atoms with Crippen molar-refractivity contribution in [2.75, 3.05) is 0 Å². The van der Waals surface area contributed by atoms with Crippen LogP contribution in [0.3, 0.4) is 0 Å². The summed E-state index contributed by atoms with van der Waals surface area (Å²) in [5, 5.41) is 21.2. The highest BCUT2D eigenvalue weighted by Gasteiger charge is 2.28. The highest BCUT2D eigenvalue weighted by atomic mass is 35.5. The van der Waals surface area contributed by atoms with Crippen molar-refractivity contribution in [3.8, 4) is 11.9 Å². The lowest BCUT2D eigenvalue weighted by Crippen LogP contribution is -2.26. The number of thiophene rings is 1. The number of aromatic nitrogens is 1. The maximum Gasteiger partial charge on any atom is 0.271 e. The van der Waals surface area contributed by atoms with E-state index >= 15 is 0 Å². The molecule has 28 heavy (non-hydrogen) atoms. The molecule has 1 aromatic carbocycles. The zero-order valence-corrected chi connectivity index (χ0v) is 17.4. The number of hydrogen-bond acceptors (Lipinski definition) is 5. The highest BCUT2D eigenvalue weighted by Crippen LogP contribution is 2.42. The van der Waals surface area contributed by atoms with Crippen LogP contribution in [0.4, 0.5) is 0 Å². The molecule has 0 radical (unpaired) electrons. The van der Waals surface area contributed by atoms with Crippen molar-refractivity contribution in [2.45, 2.75) is 13.5 Å². The summed E-state index contributed by atoms with van der Waals surface area (Å²) in [4.78, 5) is 25.8. The van der Waals surface area contributed by atoms with Gasteiger partial charge in [0, 0.05) is 21.7 Å². The molecule has 0 atom stereocenters. The molecular weight excluding hydrogens is 443 g/mol. The number of nitriles is 1. The zero-order chi connectivity index (χ0) is 20.7. The van der Waals surface area contributed by atoms with Crippen molar-refractivity contribution >= 4 is 62.0 Å². The van der Waals surface area contributed by atoms with Gasteiger partial charge in [-0.2, -0.15) is 5.26 Å². The summed E-state index contributed by atoms with van der Waals surface area (Å²) in [5.74, 6) is -1.17. The van der Waals surface area contributed by atoms with E-state index < -0.39 is 17.2 Å². The molecule has 0 spiro atoms. The number of aromatic hydroxyl groups is 1. The summed E-state index contributed by atoms with van der Waals surface area (Å²) in [6.07, 6.45) is 1.38. The van der Waals surface area contributed by atoms with Gasteiger partial charge in [-0.25, -0.2) is 0 Å². The van der Waals surface area contributed by atoms with Gasteiger partial charge in [-0.3, -0.25) is 14.2 Å². The van der Waals surface area contributed by atoms with Crippen molar-refractivity contribution in [1.82, 2.24) is 4.57 Å². The third-order valence-corrected chi connectivity index (χ3v) is 6.34. The topological polar surface area (TPSA) is 83.1 Å². The number of halogens is 3. The van der Waals surface area contributed by atoms with E-state index in [4.69, 9.17) is 34.8 Å². The fraction of sp³-hybridized carbons (Fsp3) is 0.105. The minimum absolute atomic E-state index is 0.0680. The zero-order valence-electron chi connectivity index (χ0n) is 14.3. The Morgan fingerprint density at radius 1 is 1.39 bits per heavy atom. The van der Waals surface area contributed by atoms with E-state index in [9.17, 15) is 20.0 Å². The summed E-state index contributed by atoms with van der Waals surface area (Å²) < 4.78 is 1.51. The Labute approximate surface area is 178 Å². The van der Waals surface area contributed by atoms with Crippen LogP contribution in [0.15, 0.2) is 29.6 Å². The van der Waals surface area contributed by atoms with E-state index in [0.29, 0.717) is 15.1 Å². The van der Waals surface area contributed by atoms with Crippen LogP contribution in [0, 0.1) is 18.3 Å². The maximum absolute atomic E-state index is 13.2. The molecule has 0 saturated carbocycles. The number of nitrogens with zero attached hydrogens (tertiary/aromatic N) is 2. The summed E-state index contributed by atoms with van der Waals surface area (Å²) in [7, 11) is 0. The number of hydrogen-bond donors (Lipinski definition) is 1. The average molecular weight is 454 g/mol. The Morgan fingerprint density at radius 2 is 2.07 bits per heavy atom. The Balaban J connectivity index is 2.34. The standard InChI is InChI=1S/C19H11Cl3N2O3S/c1-3-4-24-18(26)10(7-23)8(2)13(19(24)27)16(25)17-15(22)14-11(21)5-9(20)6-12(14)28-17/h3,5-6,27H,1,4H2,2H3. The lowest BCUT2D eigenvalue weighted by molar-refractivity contribution is 0.103. The van der Waals surface area contributed by atoms with Crippen molar-refractivity contribution < 1.29 is 9.90 Å². The highest BCUT2D eigenvalue weighted by molar-refractivity contribution is 7.22. The van der Waals surface area contributed by atoms with Crippen molar-refractivity contribution in [1.29, 1.82) is 5.26 Å². The lowest BCUT2D eigenvalue weighted by atomic mass is 10.0. The van der Waals surface area contributed by atoms with E-state index in [1.165, 1.54) is 19.1 Å². The van der Waals surface area contributed by atoms with Crippen molar-refractivity contribution in [3.63, 3.8) is 0 Å². The third kappa shape index (κ3) is 3.11. The average Bonchev–Trinajstić information content (AvgIpc) is 2.95. The van der Waals surface area contributed by atoms with Gasteiger partial charge in [-0.15, -0.1) is 17.9 Å². The van der Waals surface area contributed by atoms with E-state index in [2.05, 4.69) is 6.58 Å². The van der Waals surface area contributed by atoms with Gasteiger partial charge in [0.15, 0.2) is 0 Å². The van der Waals surface area contributed by atoms with Gasteiger partial charge in [0.1, 0.15) is 11.6 Å². The number of benzene rings is 1. The SMILES string of the molecule is C=CCn1c(O)c(C(=O)c2sc3cc(Cl)cc(Cl)c3c2Cl)c(C)c(C#N)c1=O.